The molecule has 0 radical (unpaired) electrons. The van der Waals surface area contributed by atoms with Crippen LogP contribution in [0.3, 0.4) is 0 Å². The van der Waals surface area contributed by atoms with Gasteiger partial charge in [-0.2, -0.15) is 15.0 Å². The maximum atomic E-state index is 5.16. The second-order valence-corrected chi connectivity index (χ2v) is 3.05. The highest BCUT2D eigenvalue weighted by Crippen LogP contribution is 2.11. The van der Waals surface area contributed by atoms with Gasteiger partial charge in [0.15, 0.2) is 0 Å². The molecule has 1 aromatic heterocycles. The van der Waals surface area contributed by atoms with E-state index in [1.54, 1.807) is 7.05 Å². The summed E-state index contributed by atoms with van der Waals surface area (Å²) in [6.07, 6.45) is 5.16. The molecule has 0 atom stereocenters. The van der Waals surface area contributed by atoms with Gasteiger partial charge >= 0.3 is 0 Å². The van der Waals surface area contributed by atoms with Gasteiger partial charge in [0.1, 0.15) is 0 Å². The Bertz CT molecular complexity index is 402. The number of rotatable bonds is 6. The Morgan fingerprint density at radius 3 is 2.47 bits per heavy atom. The molecule has 1 aromatic rings. The topological polar surface area (TPSA) is 75.2 Å². The molecule has 0 bridgehead atoms. The summed E-state index contributed by atoms with van der Waals surface area (Å²) in [6, 6.07) is 0. The zero-order valence-electron chi connectivity index (χ0n) is 10.2. The summed E-state index contributed by atoms with van der Waals surface area (Å²) >= 11 is 0. The van der Waals surface area contributed by atoms with Gasteiger partial charge in [0.25, 0.3) is 5.95 Å². The number of hydroxylamine groups is 1. The van der Waals surface area contributed by atoms with Crippen molar-refractivity contribution < 1.29 is 4.84 Å². The SMILES string of the molecule is C#CCNc1nc(NCC)nc(N(C)OC)n1. The van der Waals surface area contributed by atoms with E-state index < -0.39 is 0 Å². The molecule has 7 nitrogen and oxygen atoms in total. The summed E-state index contributed by atoms with van der Waals surface area (Å²) in [5.74, 6) is 3.74. The number of hydrogen-bond acceptors (Lipinski definition) is 7. The van der Waals surface area contributed by atoms with E-state index in [0.717, 1.165) is 0 Å². The number of nitrogens with one attached hydrogen (secondary N) is 2. The van der Waals surface area contributed by atoms with E-state index in [-0.39, 0.29) is 0 Å². The molecule has 0 aliphatic heterocycles. The van der Waals surface area contributed by atoms with Crippen LogP contribution in [0.2, 0.25) is 0 Å². The van der Waals surface area contributed by atoms with E-state index in [1.807, 2.05) is 6.92 Å². The number of anilines is 3. The molecule has 17 heavy (non-hydrogen) atoms. The lowest BCUT2D eigenvalue weighted by atomic mass is 10.6. The molecule has 0 amide bonds. The molecular formula is C10H16N6O. The Kier molecular flexibility index (Phi) is 4.97. The average Bonchev–Trinajstić information content (AvgIpc) is 2.35. The molecule has 1 rings (SSSR count). The molecule has 0 aliphatic carbocycles. The molecule has 7 heteroatoms. The van der Waals surface area contributed by atoms with E-state index in [0.29, 0.717) is 30.9 Å². The van der Waals surface area contributed by atoms with Crippen LogP contribution in [0.15, 0.2) is 0 Å². The maximum absolute atomic E-state index is 5.16. The summed E-state index contributed by atoms with van der Waals surface area (Å²) < 4.78 is 0. The first-order valence-electron chi connectivity index (χ1n) is 5.16. The quantitative estimate of drug-likeness (QED) is 0.545. The Morgan fingerprint density at radius 1 is 1.29 bits per heavy atom. The maximum Gasteiger partial charge on any atom is 0.256 e. The van der Waals surface area contributed by atoms with Crippen molar-refractivity contribution in [3.8, 4) is 12.3 Å². The van der Waals surface area contributed by atoms with E-state index in [4.69, 9.17) is 11.3 Å². The van der Waals surface area contributed by atoms with Crippen molar-refractivity contribution in [2.75, 3.05) is 42.9 Å². The van der Waals surface area contributed by atoms with Gasteiger partial charge in [-0.25, -0.2) is 5.06 Å². The van der Waals surface area contributed by atoms with E-state index in [1.165, 1.54) is 12.2 Å². The normalized spacial score (nSPS) is 9.53. The minimum absolute atomic E-state index is 0.353. The highest BCUT2D eigenvalue weighted by molar-refractivity contribution is 5.42. The van der Waals surface area contributed by atoms with Crippen LogP contribution in [-0.2, 0) is 4.84 Å². The molecule has 0 saturated carbocycles. The van der Waals surface area contributed by atoms with Crippen LogP contribution in [0.4, 0.5) is 17.8 Å². The lowest BCUT2D eigenvalue weighted by Crippen LogP contribution is -2.20. The van der Waals surface area contributed by atoms with Crippen LogP contribution < -0.4 is 15.7 Å². The molecule has 1 heterocycles. The van der Waals surface area contributed by atoms with Crippen LogP contribution >= 0.6 is 0 Å². The fourth-order valence-electron chi connectivity index (χ4n) is 1.03. The Hall–Kier alpha value is -2.07. The van der Waals surface area contributed by atoms with E-state index in [9.17, 15) is 0 Å². The fraction of sp³-hybridized carbons (Fsp3) is 0.500. The Morgan fingerprint density at radius 2 is 1.94 bits per heavy atom. The van der Waals surface area contributed by atoms with Crippen molar-refractivity contribution in [1.82, 2.24) is 15.0 Å². The first kappa shape index (κ1) is 13.0. The van der Waals surface area contributed by atoms with Crippen molar-refractivity contribution in [3.63, 3.8) is 0 Å². The molecule has 0 unspecified atom stereocenters. The number of terminal acetylenes is 1. The number of hydrogen-bond donors (Lipinski definition) is 2. The van der Waals surface area contributed by atoms with Crippen molar-refractivity contribution in [1.29, 1.82) is 0 Å². The van der Waals surface area contributed by atoms with Crippen LogP contribution in [0.25, 0.3) is 0 Å². The second kappa shape index (κ2) is 6.50. The zero-order chi connectivity index (χ0) is 12.7. The smallest absolute Gasteiger partial charge is 0.256 e. The Labute approximate surface area is 101 Å². The largest absolute Gasteiger partial charge is 0.354 e. The third kappa shape index (κ3) is 3.77. The third-order valence-corrected chi connectivity index (χ3v) is 1.86. The average molecular weight is 236 g/mol. The van der Waals surface area contributed by atoms with Gasteiger partial charge in [0.05, 0.1) is 13.7 Å². The molecule has 0 spiro atoms. The summed E-state index contributed by atoms with van der Waals surface area (Å²) in [4.78, 5) is 17.5. The first-order chi connectivity index (χ1) is 8.21. The van der Waals surface area contributed by atoms with E-state index >= 15 is 0 Å². The lowest BCUT2D eigenvalue weighted by molar-refractivity contribution is 0.180. The van der Waals surface area contributed by atoms with Crippen molar-refractivity contribution >= 4 is 17.8 Å². The summed E-state index contributed by atoms with van der Waals surface area (Å²) in [5, 5.41) is 7.33. The van der Waals surface area contributed by atoms with Crippen LogP contribution in [0.5, 0.6) is 0 Å². The molecule has 0 fully saturated rings. The molecule has 2 N–H and O–H groups in total. The third-order valence-electron chi connectivity index (χ3n) is 1.86. The van der Waals surface area contributed by atoms with Gasteiger partial charge in [0.2, 0.25) is 11.9 Å². The molecule has 0 aliphatic rings. The van der Waals surface area contributed by atoms with Gasteiger partial charge < -0.3 is 10.6 Å². The van der Waals surface area contributed by atoms with Gasteiger partial charge in [0, 0.05) is 13.6 Å². The summed E-state index contributed by atoms with van der Waals surface area (Å²) in [7, 11) is 3.24. The van der Waals surface area contributed by atoms with E-state index in [2.05, 4.69) is 31.5 Å². The van der Waals surface area contributed by atoms with Crippen molar-refractivity contribution in [3.05, 3.63) is 0 Å². The zero-order valence-corrected chi connectivity index (χ0v) is 10.2. The highest BCUT2D eigenvalue weighted by Gasteiger charge is 2.09. The summed E-state index contributed by atoms with van der Waals surface area (Å²) in [5.41, 5.74) is 0. The predicted octanol–water partition coefficient (Wildman–Crippen LogP) is 0.346. The van der Waals surface area contributed by atoms with Gasteiger partial charge in [-0.3, -0.25) is 4.84 Å². The summed E-state index contributed by atoms with van der Waals surface area (Å²) in [6.45, 7) is 3.03. The molecule has 0 aromatic carbocycles. The second-order valence-electron chi connectivity index (χ2n) is 3.05. The van der Waals surface area contributed by atoms with Crippen molar-refractivity contribution in [2.45, 2.75) is 6.92 Å². The molecular weight excluding hydrogens is 220 g/mol. The van der Waals surface area contributed by atoms with Gasteiger partial charge in [-0.05, 0) is 6.92 Å². The number of nitrogens with zero attached hydrogens (tertiary/aromatic N) is 4. The first-order valence-corrected chi connectivity index (χ1v) is 5.16. The van der Waals surface area contributed by atoms with Gasteiger partial charge in [-0.15, -0.1) is 6.42 Å². The predicted molar refractivity (Wildman–Crippen MR) is 66.7 cm³/mol. The minimum atomic E-state index is 0.353. The van der Waals surface area contributed by atoms with Crippen molar-refractivity contribution in [2.24, 2.45) is 0 Å². The molecule has 92 valence electrons. The lowest BCUT2D eigenvalue weighted by Gasteiger charge is -2.15. The van der Waals surface area contributed by atoms with Crippen LogP contribution in [-0.4, -0.2) is 42.2 Å². The monoisotopic (exact) mass is 236 g/mol. The Balaban J connectivity index is 2.96. The highest BCUT2D eigenvalue weighted by atomic mass is 16.7. The minimum Gasteiger partial charge on any atom is -0.354 e. The van der Waals surface area contributed by atoms with Crippen LogP contribution in [0, 0.1) is 12.3 Å². The van der Waals surface area contributed by atoms with Crippen LogP contribution in [0.1, 0.15) is 6.92 Å². The number of aromatic nitrogens is 3. The standard InChI is InChI=1S/C10H16N6O/c1-5-7-12-9-13-8(11-6-2)14-10(15-9)16(3)17-4/h1H,6-7H2,2-4H3,(H2,11,12,13,14,15). The van der Waals surface area contributed by atoms with Gasteiger partial charge in [-0.1, -0.05) is 5.92 Å². The molecule has 0 saturated heterocycles. The fourth-order valence-corrected chi connectivity index (χ4v) is 1.03.